The van der Waals surface area contributed by atoms with Crippen LogP contribution >= 0.6 is 0 Å². The van der Waals surface area contributed by atoms with Gasteiger partial charge in [0, 0.05) is 18.3 Å². The second-order valence-corrected chi connectivity index (χ2v) is 5.18. The lowest BCUT2D eigenvalue weighted by Gasteiger charge is -2.18. The highest BCUT2D eigenvalue weighted by Crippen LogP contribution is 2.07. The molecule has 1 amide bonds. The molecule has 2 aromatic rings. The third kappa shape index (κ3) is 3.66. The van der Waals surface area contributed by atoms with Crippen molar-refractivity contribution in [3.8, 4) is 5.69 Å². The number of hydrogen-bond acceptors (Lipinski definition) is 3. The molecular weight excluding hydrogens is 240 g/mol. The monoisotopic (exact) mass is 258 g/mol. The number of hydrogen-bond donors (Lipinski definition) is 2. The van der Waals surface area contributed by atoms with Crippen LogP contribution in [0.4, 0.5) is 0 Å². The van der Waals surface area contributed by atoms with Crippen LogP contribution in [0.3, 0.4) is 0 Å². The first-order chi connectivity index (χ1) is 8.96. The highest BCUT2D eigenvalue weighted by Gasteiger charge is 2.14. The van der Waals surface area contributed by atoms with Gasteiger partial charge in [-0.25, -0.2) is 4.68 Å². The Labute approximate surface area is 112 Å². The van der Waals surface area contributed by atoms with Crippen LogP contribution in [0, 0.1) is 0 Å². The molecule has 1 aromatic heterocycles. The molecule has 0 radical (unpaired) electrons. The van der Waals surface area contributed by atoms with Crippen molar-refractivity contribution in [2.75, 3.05) is 6.54 Å². The van der Waals surface area contributed by atoms with Gasteiger partial charge in [-0.2, -0.15) is 5.10 Å². The second-order valence-electron chi connectivity index (χ2n) is 5.18. The van der Waals surface area contributed by atoms with E-state index in [1.165, 1.54) is 0 Å². The van der Waals surface area contributed by atoms with Gasteiger partial charge in [0.05, 0.1) is 17.4 Å². The predicted octanol–water partition coefficient (Wildman–Crippen LogP) is 1.34. The number of nitrogens with one attached hydrogen (secondary N) is 1. The van der Waals surface area contributed by atoms with Gasteiger partial charge in [-0.05, 0) is 26.0 Å². The quantitative estimate of drug-likeness (QED) is 0.869. The summed E-state index contributed by atoms with van der Waals surface area (Å²) >= 11 is 0. The van der Waals surface area contributed by atoms with E-state index in [2.05, 4.69) is 10.4 Å². The van der Waals surface area contributed by atoms with Crippen molar-refractivity contribution in [1.29, 1.82) is 0 Å². The van der Waals surface area contributed by atoms with Crippen molar-refractivity contribution in [2.45, 2.75) is 19.4 Å². The number of aromatic nitrogens is 2. The summed E-state index contributed by atoms with van der Waals surface area (Å²) in [6.45, 7) is 4.14. The van der Waals surface area contributed by atoms with Gasteiger partial charge in [0.2, 0.25) is 0 Å². The van der Waals surface area contributed by atoms with Crippen molar-refractivity contribution in [2.24, 2.45) is 5.73 Å². The van der Waals surface area contributed by atoms with Gasteiger partial charge in [-0.15, -0.1) is 0 Å². The molecule has 1 aromatic carbocycles. The molecule has 0 bridgehead atoms. The van der Waals surface area contributed by atoms with Gasteiger partial charge in [-0.1, -0.05) is 18.2 Å². The molecule has 0 aliphatic carbocycles. The van der Waals surface area contributed by atoms with E-state index in [-0.39, 0.29) is 5.91 Å². The molecule has 0 spiro atoms. The van der Waals surface area contributed by atoms with Gasteiger partial charge in [0.1, 0.15) is 0 Å². The Morgan fingerprint density at radius 1 is 1.37 bits per heavy atom. The smallest absolute Gasteiger partial charge is 0.254 e. The first-order valence-corrected chi connectivity index (χ1v) is 6.13. The van der Waals surface area contributed by atoms with E-state index in [0.717, 1.165) is 5.69 Å². The summed E-state index contributed by atoms with van der Waals surface area (Å²) in [5, 5.41) is 6.96. The van der Waals surface area contributed by atoms with Crippen molar-refractivity contribution < 1.29 is 4.79 Å². The first-order valence-electron chi connectivity index (χ1n) is 6.13. The van der Waals surface area contributed by atoms with Crippen LogP contribution < -0.4 is 11.1 Å². The molecule has 5 heteroatoms. The highest BCUT2D eigenvalue weighted by atomic mass is 16.1. The van der Waals surface area contributed by atoms with Crippen molar-refractivity contribution in [1.82, 2.24) is 15.1 Å². The van der Waals surface area contributed by atoms with Gasteiger partial charge in [0.25, 0.3) is 5.91 Å². The van der Waals surface area contributed by atoms with Crippen LogP contribution in [0.1, 0.15) is 24.2 Å². The second kappa shape index (κ2) is 5.24. The van der Waals surface area contributed by atoms with Crippen LogP contribution in [-0.4, -0.2) is 27.8 Å². The summed E-state index contributed by atoms with van der Waals surface area (Å²) in [6, 6.07) is 9.64. The van der Waals surface area contributed by atoms with Crippen molar-refractivity contribution in [3.05, 3.63) is 48.3 Å². The third-order valence-corrected chi connectivity index (χ3v) is 2.57. The van der Waals surface area contributed by atoms with Crippen LogP contribution in [0.15, 0.2) is 42.7 Å². The highest BCUT2D eigenvalue weighted by molar-refractivity contribution is 5.93. The number of carbonyl (C=O) groups is 1. The van der Waals surface area contributed by atoms with E-state index >= 15 is 0 Å². The lowest BCUT2D eigenvalue weighted by molar-refractivity contribution is 0.0946. The van der Waals surface area contributed by atoms with Crippen molar-refractivity contribution in [3.63, 3.8) is 0 Å². The minimum absolute atomic E-state index is 0.166. The molecule has 0 saturated heterocycles. The number of carbonyl (C=O) groups excluding carboxylic acids is 1. The van der Waals surface area contributed by atoms with Crippen LogP contribution in [-0.2, 0) is 0 Å². The summed E-state index contributed by atoms with van der Waals surface area (Å²) in [7, 11) is 0. The fraction of sp³-hybridized carbons (Fsp3) is 0.286. The molecule has 5 nitrogen and oxygen atoms in total. The number of rotatable bonds is 4. The Balaban J connectivity index is 2.07. The zero-order valence-corrected chi connectivity index (χ0v) is 11.1. The van der Waals surface area contributed by atoms with Crippen LogP contribution in [0.2, 0.25) is 0 Å². The number of para-hydroxylation sites is 1. The maximum atomic E-state index is 11.9. The Bertz CT molecular complexity index is 554. The molecule has 0 aliphatic heterocycles. The maximum Gasteiger partial charge on any atom is 0.254 e. The zero-order chi connectivity index (χ0) is 13.9. The third-order valence-electron chi connectivity index (χ3n) is 2.57. The Hall–Kier alpha value is -2.14. The molecule has 1 heterocycles. The summed E-state index contributed by atoms with van der Waals surface area (Å²) in [5.74, 6) is -0.166. The number of amides is 1. The zero-order valence-electron chi connectivity index (χ0n) is 11.1. The molecular formula is C14H18N4O. The van der Waals surface area contributed by atoms with Gasteiger partial charge in [-0.3, -0.25) is 4.79 Å². The normalized spacial score (nSPS) is 11.3. The molecule has 0 atom stereocenters. The molecule has 100 valence electrons. The molecule has 0 unspecified atom stereocenters. The summed E-state index contributed by atoms with van der Waals surface area (Å²) < 4.78 is 1.67. The van der Waals surface area contributed by atoms with E-state index in [0.29, 0.717) is 12.1 Å². The van der Waals surface area contributed by atoms with E-state index < -0.39 is 5.54 Å². The van der Waals surface area contributed by atoms with E-state index in [1.54, 1.807) is 17.1 Å². The number of nitrogens with two attached hydrogens (primary N) is 1. The molecule has 19 heavy (non-hydrogen) atoms. The van der Waals surface area contributed by atoms with Gasteiger partial charge in [0.15, 0.2) is 0 Å². The minimum atomic E-state index is -0.426. The Kier molecular flexibility index (Phi) is 3.66. The lowest BCUT2D eigenvalue weighted by atomic mass is 10.1. The fourth-order valence-electron chi connectivity index (χ4n) is 1.57. The molecule has 2 rings (SSSR count). The SMILES string of the molecule is CC(C)(N)CNC(=O)c1cnn(-c2ccccc2)c1. The predicted molar refractivity (Wildman–Crippen MR) is 74.2 cm³/mol. The summed E-state index contributed by atoms with van der Waals surface area (Å²) in [5.41, 5.74) is 6.84. The maximum absolute atomic E-state index is 11.9. The largest absolute Gasteiger partial charge is 0.350 e. The van der Waals surface area contributed by atoms with E-state index in [4.69, 9.17) is 5.73 Å². The Morgan fingerprint density at radius 3 is 2.68 bits per heavy atom. The molecule has 0 saturated carbocycles. The minimum Gasteiger partial charge on any atom is -0.350 e. The topological polar surface area (TPSA) is 72.9 Å². The molecule has 0 fully saturated rings. The summed E-state index contributed by atoms with van der Waals surface area (Å²) in [4.78, 5) is 11.9. The lowest BCUT2D eigenvalue weighted by Crippen LogP contribution is -2.45. The first kappa shape index (κ1) is 13.3. The number of benzene rings is 1. The average Bonchev–Trinajstić information content (AvgIpc) is 2.86. The van der Waals surface area contributed by atoms with E-state index in [9.17, 15) is 4.79 Å². The van der Waals surface area contributed by atoms with Crippen LogP contribution in [0.25, 0.3) is 5.69 Å². The van der Waals surface area contributed by atoms with Gasteiger partial charge < -0.3 is 11.1 Å². The van der Waals surface area contributed by atoms with Crippen LogP contribution in [0.5, 0.6) is 0 Å². The van der Waals surface area contributed by atoms with E-state index in [1.807, 2.05) is 44.2 Å². The van der Waals surface area contributed by atoms with Gasteiger partial charge >= 0.3 is 0 Å². The molecule has 0 aliphatic rings. The number of nitrogens with zero attached hydrogens (tertiary/aromatic N) is 2. The molecule has 3 N–H and O–H groups in total. The standard InChI is InChI=1S/C14H18N4O/c1-14(2,15)10-16-13(19)11-8-17-18(9-11)12-6-4-3-5-7-12/h3-9H,10,15H2,1-2H3,(H,16,19). The Morgan fingerprint density at radius 2 is 2.05 bits per heavy atom. The summed E-state index contributed by atoms with van der Waals surface area (Å²) in [6.07, 6.45) is 3.25. The van der Waals surface area contributed by atoms with Crippen molar-refractivity contribution >= 4 is 5.91 Å². The fourth-order valence-corrected chi connectivity index (χ4v) is 1.57. The average molecular weight is 258 g/mol.